The van der Waals surface area contributed by atoms with Crippen LogP contribution in [0.1, 0.15) is 53.9 Å². The van der Waals surface area contributed by atoms with Crippen molar-refractivity contribution in [2.24, 2.45) is 5.92 Å². The van der Waals surface area contributed by atoms with E-state index < -0.39 is 5.54 Å². The van der Waals surface area contributed by atoms with Gasteiger partial charge >= 0.3 is 0 Å². The normalized spacial score (nSPS) is 23.4. The Balaban J connectivity index is 2.92. The monoisotopic (exact) mass is 254 g/mol. The summed E-state index contributed by atoms with van der Waals surface area (Å²) in [6.07, 6.45) is 2.24. The standard InChI is InChI=1S/C14H26N2O2/c1-6-14(7-2)13(18)16(9-8-10(3)4)11(5)12(17)15-14/h10-11H,6-9H2,1-5H3,(H,15,17). The zero-order valence-corrected chi connectivity index (χ0v) is 12.2. The first-order valence-electron chi connectivity index (χ1n) is 7.01. The molecule has 0 spiro atoms. The van der Waals surface area contributed by atoms with E-state index in [4.69, 9.17) is 0 Å². The van der Waals surface area contributed by atoms with Crippen LogP contribution in [0.3, 0.4) is 0 Å². The summed E-state index contributed by atoms with van der Waals surface area (Å²) >= 11 is 0. The van der Waals surface area contributed by atoms with E-state index in [-0.39, 0.29) is 17.9 Å². The van der Waals surface area contributed by atoms with Crippen LogP contribution in [0.25, 0.3) is 0 Å². The van der Waals surface area contributed by atoms with Gasteiger partial charge in [-0.15, -0.1) is 0 Å². The Morgan fingerprint density at radius 1 is 1.28 bits per heavy atom. The molecule has 1 saturated heterocycles. The number of hydrogen-bond donors (Lipinski definition) is 1. The molecule has 0 aromatic heterocycles. The molecule has 0 aliphatic carbocycles. The Morgan fingerprint density at radius 3 is 2.28 bits per heavy atom. The molecule has 4 heteroatoms. The van der Waals surface area contributed by atoms with Gasteiger partial charge in [0.1, 0.15) is 11.6 Å². The predicted molar refractivity (Wildman–Crippen MR) is 72.1 cm³/mol. The summed E-state index contributed by atoms with van der Waals surface area (Å²) in [5.41, 5.74) is -0.680. The molecule has 0 bridgehead atoms. The average molecular weight is 254 g/mol. The van der Waals surface area contributed by atoms with E-state index in [0.717, 1.165) is 6.42 Å². The van der Waals surface area contributed by atoms with Crippen LogP contribution in [0.2, 0.25) is 0 Å². The summed E-state index contributed by atoms with van der Waals surface area (Å²) in [6, 6.07) is -0.345. The number of nitrogens with zero attached hydrogens (tertiary/aromatic N) is 1. The van der Waals surface area contributed by atoms with Crippen LogP contribution in [0.4, 0.5) is 0 Å². The van der Waals surface area contributed by atoms with Crippen molar-refractivity contribution in [1.82, 2.24) is 10.2 Å². The molecule has 1 heterocycles. The van der Waals surface area contributed by atoms with Crippen LogP contribution in [-0.4, -0.2) is 34.8 Å². The van der Waals surface area contributed by atoms with Crippen molar-refractivity contribution in [3.8, 4) is 0 Å². The zero-order chi connectivity index (χ0) is 13.9. The van der Waals surface area contributed by atoms with E-state index in [1.807, 2.05) is 20.8 Å². The van der Waals surface area contributed by atoms with Gasteiger partial charge in [-0.1, -0.05) is 27.7 Å². The lowest BCUT2D eigenvalue weighted by atomic mass is 9.87. The second-order valence-electron chi connectivity index (χ2n) is 5.64. The van der Waals surface area contributed by atoms with Gasteiger partial charge in [0, 0.05) is 6.54 Å². The van der Waals surface area contributed by atoms with Crippen molar-refractivity contribution in [3.63, 3.8) is 0 Å². The van der Waals surface area contributed by atoms with Crippen molar-refractivity contribution in [3.05, 3.63) is 0 Å². The molecule has 1 fully saturated rings. The summed E-state index contributed by atoms with van der Waals surface area (Å²) in [5, 5.41) is 2.92. The lowest BCUT2D eigenvalue weighted by molar-refractivity contribution is -0.155. The smallest absolute Gasteiger partial charge is 0.248 e. The molecule has 1 N–H and O–H groups in total. The van der Waals surface area contributed by atoms with Gasteiger partial charge in [0.2, 0.25) is 11.8 Å². The minimum absolute atomic E-state index is 0.0259. The van der Waals surface area contributed by atoms with Gasteiger partial charge in [0.25, 0.3) is 0 Å². The van der Waals surface area contributed by atoms with Crippen molar-refractivity contribution >= 4 is 11.8 Å². The number of hydrogen-bond acceptors (Lipinski definition) is 2. The summed E-state index contributed by atoms with van der Waals surface area (Å²) < 4.78 is 0. The SMILES string of the molecule is CCC1(CC)NC(=O)C(C)N(CCC(C)C)C1=O. The highest BCUT2D eigenvalue weighted by Gasteiger charge is 2.46. The summed E-state index contributed by atoms with van der Waals surface area (Å²) in [4.78, 5) is 26.4. The molecule has 1 atom stereocenters. The molecule has 1 unspecified atom stereocenters. The first kappa shape index (κ1) is 15.0. The summed E-state index contributed by atoms with van der Waals surface area (Å²) in [6.45, 7) is 10.7. The van der Waals surface area contributed by atoms with E-state index in [0.29, 0.717) is 25.3 Å². The Morgan fingerprint density at radius 2 is 1.83 bits per heavy atom. The lowest BCUT2D eigenvalue weighted by Crippen LogP contribution is -2.69. The Bertz CT molecular complexity index is 322. The van der Waals surface area contributed by atoms with Gasteiger partial charge in [-0.05, 0) is 32.1 Å². The van der Waals surface area contributed by atoms with Gasteiger partial charge in [0.15, 0.2) is 0 Å². The molecule has 1 rings (SSSR count). The van der Waals surface area contributed by atoms with Crippen molar-refractivity contribution in [2.75, 3.05) is 6.54 Å². The molecule has 0 aromatic rings. The first-order chi connectivity index (χ1) is 8.38. The van der Waals surface area contributed by atoms with E-state index in [2.05, 4.69) is 19.2 Å². The van der Waals surface area contributed by atoms with Crippen LogP contribution < -0.4 is 5.32 Å². The number of amides is 2. The molecule has 1 aliphatic rings. The Labute approximate surface area is 110 Å². The van der Waals surface area contributed by atoms with E-state index in [9.17, 15) is 9.59 Å². The largest absolute Gasteiger partial charge is 0.340 e. The number of piperazine rings is 1. The average Bonchev–Trinajstić information content (AvgIpc) is 2.33. The van der Waals surface area contributed by atoms with Crippen molar-refractivity contribution < 1.29 is 9.59 Å². The number of carbonyl (C=O) groups excluding carboxylic acids is 2. The molecule has 0 radical (unpaired) electrons. The first-order valence-corrected chi connectivity index (χ1v) is 7.01. The van der Waals surface area contributed by atoms with Crippen molar-refractivity contribution in [1.29, 1.82) is 0 Å². The highest BCUT2D eigenvalue weighted by Crippen LogP contribution is 2.25. The molecule has 4 nitrogen and oxygen atoms in total. The molecular weight excluding hydrogens is 228 g/mol. The third-order valence-corrected chi connectivity index (χ3v) is 4.03. The fourth-order valence-electron chi connectivity index (χ4n) is 2.41. The van der Waals surface area contributed by atoms with Gasteiger partial charge in [-0.2, -0.15) is 0 Å². The number of carbonyl (C=O) groups is 2. The van der Waals surface area contributed by atoms with Gasteiger partial charge in [0.05, 0.1) is 0 Å². The quantitative estimate of drug-likeness (QED) is 0.815. The maximum absolute atomic E-state index is 12.6. The van der Waals surface area contributed by atoms with E-state index in [1.165, 1.54) is 0 Å². The molecule has 0 aromatic carbocycles. The zero-order valence-electron chi connectivity index (χ0n) is 12.2. The predicted octanol–water partition coefficient (Wildman–Crippen LogP) is 1.94. The highest BCUT2D eigenvalue weighted by molar-refractivity contribution is 5.99. The fourth-order valence-corrected chi connectivity index (χ4v) is 2.41. The second kappa shape index (κ2) is 5.72. The van der Waals surface area contributed by atoms with Crippen LogP contribution in [0, 0.1) is 5.92 Å². The molecule has 2 amide bonds. The molecule has 1 aliphatic heterocycles. The minimum atomic E-state index is -0.680. The third-order valence-electron chi connectivity index (χ3n) is 4.03. The Hall–Kier alpha value is -1.06. The number of rotatable bonds is 5. The molecule has 104 valence electrons. The second-order valence-corrected chi connectivity index (χ2v) is 5.64. The topological polar surface area (TPSA) is 49.4 Å². The van der Waals surface area contributed by atoms with Crippen LogP contribution in [-0.2, 0) is 9.59 Å². The van der Waals surface area contributed by atoms with Crippen molar-refractivity contribution in [2.45, 2.75) is 65.5 Å². The fraction of sp³-hybridized carbons (Fsp3) is 0.857. The van der Waals surface area contributed by atoms with Crippen LogP contribution >= 0.6 is 0 Å². The molecule has 0 saturated carbocycles. The van der Waals surface area contributed by atoms with Crippen LogP contribution in [0.5, 0.6) is 0 Å². The lowest BCUT2D eigenvalue weighted by Gasteiger charge is -2.44. The Kier molecular flexibility index (Phi) is 4.77. The summed E-state index contributed by atoms with van der Waals surface area (Å²) in [5.74, 6) is 0.593. The summed E-state index contributed by atoms with van der Waals surface area (Å²) in [7, 11) is 0. The van der Waals surface area contributed by atoms with E-state index in [1.54, 1.807) is 4.90 Å². The maximum atomic E-state index is 12.6. The molecule has 18 heavy (non-hydrogen) atoms. The highest BCUT2D eigenvalue weighted by atomic mass is 16.2. The van der Waals surface area contributed by atoms with Gasteiger partial charge in [-0.25, -0.2) is 0 Å². The molecular formula is C14H26N2O2. The third kappa shape index (κ3) is 2.68. The van der Waals surface area contributed by atoms with Gasteiger partial charge < -0.3 is 10.2 Å². The van der Waals surface area contributed by atoms with E-state index >= 15 is 0 Å². The number of nitrogens with one attached hydrogen (secondary N) is 1. The van der Waals surface area contributed by atoms with Crippen LogP contribution in [0.15, 0.2) is 0 Å². The minimum Gasteiger partial charge on any atom is -0.340 e. The van der Waals surface area contributed by atoms with Gasteiger partial charge in [-0.3, -0.25) is 9.59 Å². The maximum Gasteiger partial charge on any atom is 0.248 e.